The number of rotatable bonds is 3. The SMILES string of the molecule is Cc1ccc(-c2cc(C(N)=O)nc(-c3cccc(C#CC4(O)CCN(C)C4=O)c3)n2)cn1. The zero-order chi connectivity index (χ0) is 22.9. The fourth-order valence-electron chi connectivity index (χ4n) is 3.35. The first-order valence-electron chi connectivity index (χ1n) is 9.99. The third kappa shape index (κ3) is 4.19. The molecule has 0 spiro atoms. The number of hydrogen-bond donors (Lipinski definition) is 2. The van der Waals surface area contributed by atoms with E-state index in [0.29, 0.717) is 29.2 Å². The number of likely N-dealkylation sites (N-methyl/N-ethyl adjacent to an activating group) is 1. The van der Waals surface area contributed by atoms with Crippen LogP contribution in [0.2, 0.25) is 0 Å². The fraction of sp³-hybridized carbons (Fsp3) is 0.208. The maximum absolute atomic E-state index is 12.1. The van der Waals surface area contributed by atoms with Crippen molar-refractivity contribution in [2.24, 2.45) is 5.73 Å². The molecule has 1 aliphatic rings. The van der Waals surface area contributed by atoms with Crippen LogP contribution in [0.25, 0.3) is 22.6 Å². The van der Waals surface area contributed by atoms with Crippen LogP contribution >= 0.6 is 0 Å². The van der Waals surface area contributed by atoms with Crippen molar-refractivity contribution in [3.63, 3.8) is 0 Å². The zero-order valence-electron chi connectivity index (χ0n) is 17.7. The van der Waals surface area contributed by atoms with Gasteiger partial charge in [0.05, 0.1) is 5.69 Å². The smallest absolute Gasteiger partial charge is 0.267 e. The second-order valence-corrected chi connectivity index (χ2v) is 7.68. The number of pyridine rings is 1. The van der Waals surface area contributed by atoms with Crippen molar-refractivity contribution in [3.8, 4) is 34.5 Å². The first-order valence-corrected chi connectivity index (χ1v) is 9.99. The molecule has 3 N–H and O–H groups in total. The fourth-order valence-corrected chi connectivity index (χ4v) is 3.35. The Bertz CT molecular complexity index is 1280. The van der Waals surface area contributed by atoms with E-state index in [9.17, 15) is 14.7 Å². The van der Waals surface area contributed by atoms with Gasteiger partial charge < -0.3 is 15.7 Å². The third-order valence-corrected chi connectivity index (χ3v) is 5.23. The van der Waals surface area contributed by atoms with Gasteiger partial charge >= 0.3 is 0 Å². The molecule has 0 saturated carbocycles. The van der Waals surface area contributed by atoms with Gasteiger partial charge in [-0.15, -0.1) is 0 Å². The van der Waals surface area contributed by atoms with Crippen molar-refractivity contribution in [1.29, 1.82) is 0 Å². The Balaban J connectivity index is 1.73. The van der Waals surface area contributed by atoms with Crippen LogP contribution in [0.1, 0.15) is 28.2 Å². The number of benzene rings is 1. The first kappa shape index (κ1) is 21.2. The molecule has 3 aromatic rings. The molecule has 1 fully saturated rings. The van der Waals surface area contributed by atoms with Gasteiger partial charge in [-0.1, -0.05) is 24.0 Å². The summed E-state index contributed by atoms with van der Waals surface area (Å²) in [5, 5.41) is 10.5. The quantitative estimate of drug-likeness (QED) is 0.612. The lowest BCUT2D eigenvalue weighted by molar-refractivity contribution is -0.137. The molecule has 4 rings (SSSR count). The molecule has 1 saturated heterocycles. The minimum atomic E-state index is -1.68. The topological polar surface area (TPSA) is 122 Å². The summed E-state index contributed by atoms with van der Waals surface area (Å²) in [6, 6.07) is 12.3. The Morgan fingerprint density at radius 3 is 2.66 bits per heavy atom. The van der Waals surface area contributed by atoms with Gasteiger partial charge in [-0.2, -0.15) is 0 Å². The number of primary amides is 1. The molecule has 0 radical (unpaired) electrons. The molecule has 8 nitrogen and oxygen atoms in total. The number of likely N-dealkylation sites (tertiary alicyclic amines) is 1. The predicted molar refractivity (Wildman–Crippen MR) is 118 cm³/mol. The second kappa shape index (κ2) is 8.21. The lowest BCUT2D eigenvalue weighted by Gasteiger charge is -2.13. The molecule has 1 aromatic carbocycles. The number of carbonyl (C=O) groups is 2. The number of aromatic nitrogens is 3. The van der Waals surface area contributed by atoms with Crippen molar-refractivity contribution < 1.29 is 14.7 Å². The van der Waals surface area contributed by atoms with Crippen molar-refractivity contribution in [3.05, 3.63) is 65.6 Å². The molecule has 32 heavy (non-hydrogen) atoms. The third-order valence-electron chi connectivity index (χ3n) is 5.23. The highest BCUT2D eigenvalue weighted by molar-refractivity contribution is 5.92. The first-order chi connectivity index (χ1) is 15.2. The summed E-state index contributed by atoms with van der Waals surface area (Å²) >= 11 is 0. The Hall–Kier alpha value is -4.09. The number of hydrogen-bond acceptors (Lipinski definition) is 6. The molecule has 160 valence electrons. The van der Waals surface area contributed by atoms with Crippen LogP contribution in [0.15, 0.2) is 48.7 Å². The van der Waals surface area contributed by atoms with E-state index in [1.165, 1.54) is 11.0 Å². The summed E-state index contributed by atoms with van der Waals surface area (Å²) in [7, 11) is 1.63. The molecule has 0 bridgehead atoms. The maximum atomic E-state index is 12.1. The Labute approximate surface area is 185 Å². The zero-order valence-corrected chi connectivity index (χ0v) is 17.7. The van der Waals surface area contributed by atoms with E-state index in [1.54, 1.807) is 37.5 Å². The summed E-state index contributed by atoms with van der Waals surface area (Å²) in [6.07, 6.45) is 1.93. The van der Waals surface area contributed by atoms with Crippen molar-refractivity contribution >= 4 is 11.8 Å². The molecule has 1 aliphatic heterocycles. The van der Waals surface area contributed by atoms with E-state index in [0.717, 1.165) is 11.3 Å². The Morgan fingerprint density at radius 2 is 2.00 bits per heavy atom. The average molecular weight is 427 g/mol. The molecule has 0 aliphatic carbocycles. The van der Waals surface area contributed by atoms with Gasteiger partial charge in [0.1, 0.15) is 5.69 Å². The van der Waals surface area contributed by atoms with E-state index < -0.39 is 17.4 Å². The highest BCUT2D eigenvalue weighted by atomic mass is 16.3. The standard InChI is InChI=1S/C24H21N5O3/c1-15-6-7-18(14-26-15)19-13-20(21(25)30)28-22(27-19)17-5-3-4-16(12-17)8-9-24(32)10-11-29(2)23(24)31/h3-7,12-14,32H,10-11H2,1-2H3,(H2,25,30). The number of carbonyl (C=O) groups excluding carboxylic acids is 2. The van der Waals surface area contributed by atoms with Crippen LogP contribution in [0, 0.1) is 18.8 Å². The Morgan fingerprint density at radius 1 is 1.19 bits per heavy atom. The normalized spacial score (nSPS) is 17.7. The number of aryl methyl sites for hydroxylation is 1. The van der Waals surface area contributed by atoms with Crippen LogP contribution in [0.4, 0.5) is 0 Å². The largest absolute Gasteiger partial charge is 0.369 e. The number of aliphatic hydroxyl groups is 1. The van der Waals surface area contributed by atoms with Crippen LogP contribution in [-0.2, 0) is 4.79 Å². The molecular weight excluding hydrogens is 406 g/mol. The minimum Gasteiger partial charge on any atom is -0.369 e. The number of nitrogens with two attached hydrogens (primary N) is 1. The molecule has 1 atom stereocenters. The molecule has 1 unspecified atom stereocenters. The van der Waals surface area contributed by atoms with Crippen molar-refractivity contribution in [2.45, 2.75) is 18.9 Å². The van der Waals surface area contributed by atoms with Gasteiger partial charge in [-0.05, 0) is 37.3 Å². The highest BCUT2D eigenvalue weighted by Gasteiger charge is 2.42. The van der Waals surface area contributed by atoms with Crippen LogP contribution < -0.4 is 5.73 Å². The molecule has 3 heterocycles. The van der Waals surface area contributed by atoms with E-state index in [-0.39, 0.29) is 12.1 Å². The van der Waals surface area contributed by atoms with Gasteiger partial charge in [-0.25, -0.2) is 9.97 Å². The van der Waals surface area contributed by atoms with E-state index in [2.05, 4.69) is 26.8 Å². The van der Waals surface area contributed by atoms with E-state index >= 15 is 0 Å². The summed E-state index contributed by atoms with van der Waals surface area (Å²) in [5.41, 5.74) is 7.17. The monoisotopic (exact) mass is 427 g/mol. The number of nitrogens with zero attached hydrogens (tertiary/aromatic N) is 4. The summed E-state index contributed by atoms with van der Waals surface area (Å²) in [6.45, 7) is 2.33. The highest BCUT2D eigenvalue weighted by Crippen LogP contribution is 2.24. The lowest BCUT2D eigenvalue weighted by atomic mass is 10.0. The molecular formula is C24H21N5O3. The number of amides is 2. The Kier molecular flexibility index (Phi) is 5.43. The van der Waals surface area contributed by atoms with Gasteiger partial charge in [0.2, 0.25) is 5.60 Å². The average Bonchev–Trinajstić information content (AvgIpc) is 3.06. The lowest BCUT2D eigenvalue weighted by Crippen LogP contribution is -2.37. The van der Waals surface area contributed by atoms with Crippen LogP contribution in [-0.4, -0.2) is 56.0 Å². The minimum absolute atomic E-state index is 0.0796. The van der Waals surface area contributed by atoms with Crippen molar-refractivity contribution in [1.82, 2.24) is 19.9 Å². The van der Waals surface area contributed by atoms with Gasteiger partial charge in [0.15, 0.2) is 5.82 Å². The summed E-state index contributed by atoms with van der Waals surface area (Å²) in [4.78, 5) is 38.6. The van der Waals surface area contributed by atoms with E-state index in [4.69, 9.17) is 5.73 Å². The maximum Gasteiger partial charge on any atom is 0.267 e. The molecule has 2 amide bonds. The predicted octanol–water partition coefficient (Wildman–Crippen LogP) is 1.56. The summed E-state index contributed by atoms with van der Waals surface area (Å²) < 4.78 is 0. The van der Waals surface area contributed by atoms with Gasteiger partial charge in [0, 0.05) is 48.6 Å². The van der Waals surface area contributed by atoms with Crippen molar-refractivity contribution in [2.75, 3.05) is 13.6 Å². The van der Waals surface area contributed by atoms with Gasteiger partial charge in [0.25, 0.3) is 11.8 Å². The van der Waals surface area contributed by atoms with Crippen LogP contribution in [0.5, 0.6) is 0 Å². The molecule has 2 aromatic heterocycles. The second-order valence-electron chi connectivity index (χ2n) is 7.68. The van der Waals surface area contributed by atoms with E-state index in [1.807, 2.05) is 19.1 Å². The van der Waals surface area contributed by atoms with Gasteiger partial charge in [-0.3, -0.25) is 14.6 Å². The van der Waals surface area contributed by atoms with Crippen LogP contribution in [0.3, 0.4) is 0 Å². The summed E-state index contributed by atoms with van der Waals surface area (Å²) in [5.74, 6) is 4.79. The molecule has 8 heteroatoms.